The first-order valence-electron chi connectivity index (χ1n) is 5.37. The molecule has 1 rings (SSSR count). The van der Waals surface area contributed by atoms with E-state index in [1.54, 1.807) is 25.6 Å². The van der Waals surface area contributed by atoms with Gasteiger partial charge in [0.15, 0.2) is 0 Å². The van der Waals surface area contributed by atoms with Crippen molar-refractivity contribution in [1.29, 1.82) is 5.26 Å². The number of carboxylic acids is 1. The average Bonchev–Trinajstić information content (AvgIpc) is 2.53. The van der Waals surface area contributed by atoms with Crippen molar-refractivity contribution >= 4 is 11.8 Å². The zero-order chi connectivity index (χ0) is 13.0. The Hall–Kier alpha value is -2.03. The van der Waals surface area contributed by atoms with Gasteiger partial charge in [-0.2, -0.15) is 10.4 Å². The Morgan fingerprint density at radius 2 is 2.35 bits per heavy atom. The van der Waals surface area contributed by atoms with Crippen LogP contribution in [-0.4, -0.2) is 27.4 Å². The van der Waals surface area contributed by atoms with E-state index in [1.807, 2.05) is 0 Å². The fraction of sp³-hybridized carbons (Fsp3) is 0.545. The molecule has 6 heteroatoms. The molecule has 0 aromatic carbocycles. The Balaban J connectivity index is 2.64. The van der Waals surface area contributed by atoms with Gasteiger partial charge in [0.1, 0.15) is 17.5 Å². The first-order chi connectivity index (χ1) is 7.97. The van der Waals surface area contributed by atoms with E-state index in [0.29, 0.717) is 30.0 Å². The second kappa shape index (κ2) is 5.34. The number of hydrogen-bond acceptors (Lipinski definition) is 4. The molecule has 17 heavy (non-hydrogen) atoms. The van der Waals surface area contributed by atoms with Crippen molar-refractivity contribution in [2.45, 2.75) is 20.3 Å². The van der Waals surface area contributed by atoms with Gasteiger partial charge in [0.05, 0.1) is 11.6 Å². The molecular weight excluding hydrogens is 220 g/mol. The number of nitrogens with zero attached hydrogens (tertiary/aromatic N) is 3. The van der Waals surface area contributed by atoms with E-state index in [0.717, 1.165) is 0 Å². The van der Waals surface area contributed by atoms with E-state index in [2.05, 4.69) is 16.5 Å². The molecule has 1 aromatic heterocycles. The highest BCUT2D eigenvalue weighted by molar-refractivity contribution is 5.69. The highest BCUT2D eigenvalue weighted by Crippen LogP contribution is 2.17. The number of aliphatic carboxylic acids is 1. The lowest BCUT2D eigenvalue weighted by Crippen LogP contribution is -2.15. The van der Waals surface area contributed by atoms with Gasteiger partial charge >= 0.3 is 5.97 Å². The number of aryl methyl sites for hydroxylation is 2. The molecular formula is C11H16N4O2. The number of rotatable bonds is 5. The zero-order valence-corrected chi connectivity index (χ0v) is 10.2. The maximum absolute atomic E-state index is 10.6. The van der Waals surface area contributed by atoms with Crippen LogP contribution in [-0.2, 0) is 11.8 Å². The molecule has 6 nitrogen and oxygen atoms in total. The van der Waals surface area contributed by atoms with E-state index in [1.165, 1.54) is 0 Å². The number of carboxylic acid groups (broad SMARTS) is 1. The summed E-state index contributed by atoms with van der Waals surface area (Å²) in [5.74, 6) is -0.571. The standard InChI is InChI=1S/C11H16N4O2/c1-7(11(16)17)4-5-13-10-9(6-12)8(2)14-15(10)3/h7,13H,4-5H2,1-3H3,(H,16,17). The SMILES string of the molecule is Cc1nn(C)c(NCCC(C)C(=O)O)c1C#N. The Morgan fingerprint density at radius 1 is 1.71 bits per heavy atom. The topological polar surface area (TPSA) is 90.9 Å². The van der Waals surface area contributed by atoms with Gasteiger partial charge in [-0.05, 0) is 13.3 Å². The number of anilines is 1. The smallest absolute Gasteiger partial charge is 0.306 e. The van der Waals surface area contributed by atoms with Crippen LogP contribution < -0.4 is 5.32 Å². The van der Waals surface area contributed by atoms with Crippen LogP contribution in [0.25, 0.3) is 0 Å². The van der Waals surface area contributed by atoms with Crippen molar-refractivity contribution < 1.29 is 9.90 Å². The summed E-state index contributed by atoms with van der Waals surface area (Å²) < 4.78 is 1.60. The van der Waals surface area contributed by atoms with Gasteiger partial charge in [-0.3, -0.25) is 9.48 Å². The van der Waals surface area contributed by atoms with Crippen molar-refractivity contribution in [3.8, 4) is 6.07 Å². The summed E-state index contributed by atoms with van der Waals surface area (Å²) in [6.45, 7) is 3.93. The van der Waals surface area contributed by atoms with Gasteiger partial charge in [-0.15, -0.1) is 0 Å². The van der Waals surface area contributed by atoms with Gasteiger partial charge in [-0.25, -0.2) is 0 Å². The van der Waals surface area contributed by atoms with Gasteiger partial charge in [-0.1, -0.05) is 6.92 Å². The highest BCUT2D eigenvalue weighted by Gasteiger charge is 2.14. The molecule has 92 valence electrons. The molecule has 0 fully saturated rings. The number of hydrogen-bond donors (Lipinski definition) is 2. The van der Waals surface area contributed by atoms with E-state index in [9.17, 15) is 4.79 Å². The lowest BCUT2D eigenvalue weighted by atomic mass is 10.1. The Bertz CT molecular complexity index is 459. The quantitative estimate of drug-likeness (QED) is 0.799. The van der Waals surface area contributed by atoms with Crippen molar-refractivity contribution in [3.63, 3.8) is 0 Å². The Morgan fingerprint density at radius 3 is 2.88 bits per heavy atom. The summed E-state index contributed by atoms with van der Waals surface area (Å²) in [5, 5.41) is 24.9. The number of carbonyl (C=O) groups is 1. The number of aromatic nitrogens is 2. The van der Waals surface area contributed by atoms with Crippen LogP contribution in [0.15, 0.2) is 0 Å². The molecule has 0 saturated heterocycles. The Kier molecular flexibility index (Phi) is 4.10. The maximum atomic E-state index is 10.6. The van der Waals surface area contributed by atoms with Gasteiger partial charge in [0.2, 0.25) is 0 Å². The normalized spacial score (nSPS) is 11.9. The molecule has 0 bridgehead atoms. The van der Waals surface area contributed by atoms with Gasteiger partial charge in [0.25, 0.3) is 0 Å². The highest BCUT2D eigenvalue weighted by atomic mass is 16.4. The minimum atomic E-state index is -0.812. The van der Waals surface area contributed by atoms with E-state index in [4.69, 9.17) is 10.4 Å². The van der Waals surface area contributed by atoms with E-state index < -0.39 is 11.9 Å². The summed E-state index contributed by atoms with van der Waals surface area (Å²) in [6, 6.07) is 2.08. The monoisotopic (exact) mass is 236 g/mol. The third-order valence-corrected chi connectivity index (χ3v) is 2.63. The molecule has 1 aromatic rings. The predicted octanol–water partition coefficient (Wildman–Crippen LogP) is 1.12. The second-order valence-corrected chi connectivity index (χ2v) is 4.00. The van der Waals surface area contributed by atoms with Crippen molar-refractivity contribution in [2.24, 2.45) is 13.0 Å². The fourth-order valence-electron chi connectivity index (χ4n) is 1.53. The van der Waals surface area contributed by atoms with E-state index in [-0.39, 0.29) is 0 Å². The third kappa shape index (κ3) is 2.97. The minimum Gasteiger partial charge on any atom is -0.481 e. The van der Waals surface area contributed by atoms with Crippen LogP contribution in [0.1, 0.15) is 24.6 Å². The van der Waals surface area contributed by atoms with Crippen LogP contribution >= 0.6 is 0 Å². The number of nitriles is 1. The first kappa shape index (κ1) is 13.0. The molecule has 1 unspecified atom stereocenters. The molecule has 2 N–H and O–H groups in total. The lowest BCUT2D eigenvalue weighted by Gasteiger charge is -2.09. The Labute approximate surface area is 99.9 Å². The molecule has 0 radical (unpaired) electrons. The van der Waals surface area contributed by atoms with Gasteiger partial charge < -0.3 is 10.4 Å². The average molecular weight is 236 g/mol. The van der Waals surface area contributed by atoms with Crippen LogP contribution in [0.2, 0.25) is 0 Å². The maximum Gasteiger partial charge on any atom is 0.306 e. The molecule has 0 amide bonds. The minimum absolute atomic E-state index is 0.401. The molecule has 1 atom stereocenters. The summed E-state index contributed by atoms with van der Waals surface area (Å²) in [6.07, 6.45) is 0.504. The predicted molar refractivity (Wildman–Crippen MR) is 62.6 cm³/mol. The summed E-state index contributed by atoms with van der Waals surface area (Å²) in [7, 11) is 1.75. The fourth-order valence-corrected chi connectivity index (χ4v) is 1.53. The summed E-state index contributed by atoms with van der Waals surface area (Å²) >= 11 is 0. The first-order valence-corrected chi connectivity index (χ1v) is 5.37. The van der Waals surface area contributed by atoms with Gasteiger partial charge in [0, 0.05) is 13.6 Å². The summed E-state index contributed by atoms with van der Waals surface area (Å²) in [4.78, 5) is 10.6. The van der Waals surface area contributed by atoms with Crippen molar-refractivity contribution in [2.75, 3.05) is 11.9 Å². The molecule has 0 aliphatic heterocycles. The largest absolute Gasteiger partial charge is 0.481 e. The van der Waals surface area contributed by atoms with Crippen LogP contribution in [0.5, 0.6) is 0 Å². The van der Waals surface area contributed by atoms with Crippen LogP contribution in [0.4, 0.5) is 5.82 Å². The second-order valence-electron chi connectivity index (χ2n) is 4.00. The number of nitrogens with one attached hydrogen (secondary N) is 1. The third-order valence-electron chi connectivity index (χ3n) is 2.63. The van der Waals surface area contributed by atoms with Crippen LogP contribution in [0.3, 0.4) is 0 Å². The lowest BCUT2D eigenvalue weighted by molar-refractivity contribution is -0.141. The van der Waals surface area contributed by atoms with Crippen LogP contribution in [0, 0.1) is 24.2 Å². The van der Waals surface area contributed by atoms with Crippen molar-refractivity contribution in [3.05, 3.63) is 11.3 Å². The molecule has 0 aliphatic rings. The molecule has 0 aliphatic carbocycles. The van der Waals surface area contributed by atoms with Crippen molar-refractivity contribution in [1.82, 2.24) is 9.78 Å². The molecule has 0 spiro atoms. The van der Waals surface area contributed by atoms with E-state index >= 15 is 0 Å². The molecule has 0 saturated carbocycles. The zero-order valence-electron chi connectivity index (χ0n) is 10.2. The molecule has 1 heterocycles. The summed E-state index contributed by atoms with van der Waals surface area (Å²) in [5.41, 5.74) is 1.18.